The van der Waals surface area contributed by atoms with Crippen LogP contribution in [0.25, 0.3) is 0 Å². The van der Waals surface area contributed by atoms with Crippen LogP contribution < -0.4 is 5.32 Å². The first-order valence-corrected chi connectivity index (χ1v) is 6.92. The van der Waals surface area contributed by atoms with Gasteiger partial charge in [0, 0.05) is 13.1 Å². The first kappa shape index (κ1) is 15.3. The summed E-state index contributed by atoms with van der Waals surface area (Å²) >= 11 is 0. The Morgan fingerprint density at radius 3 is 2.76 bits per heavy atom. The number of hydrogen-bond acceptors (Lipinski definition) is 2. The number of urea groups is 1. The van der Waals surface area contributed by atoms with E-state index in [2.05, 4.69) is 5.32 Å². The number of rotatable bonds is 3. The molecule has 2 rings (SSSR count). The maximum atomic E-state index is 13.5. The monoisotopic (exact) mass is 294 g/mol. The Balaban J connectivity index is 1.96. The van der Waals surface area contributed by atoms with Crippen LogP contribution in [-0.4, -0.2) is 35.1 Å². The van der Waals surface area contributed by atoms with Gasteiger partial charge in [-0.05, 0) is 37.5 Å². The predicted molar refractivity (Wildman–Crippen MR) is 75.4 cm³/mol. The molecule has 1 aromatic rings. The summed E-state index contributed by atoms with van der Waals surface area (Å²) in [7, 11) is 0. The summed E-state index contributed by atoms with van der Waals surface area (Å²) in [5.74, 6) is -1.68. The number of carbonyl (C=O) groups is 2. The SMILES string of the molecule is Cc1ccc(C(C)NC(=O)N2CCC(C(=O)O)C2)cc1F. The van der Waals surface area contributed by atoms with Gasteiger partial charge in [-0.1, -0.05) is 12.1 Å². The molecule has 21 heavy (non-hydrogen) atoms. The Hall–Kier alpha value is -2.11. The van der Waals surface area contributed by atoms with Gasteiger partial charge in [0.1, 0.15) is 5.82 Å². The van der Waals surface area contributed by atoms with Gasteiger partial charge in [0.05, 0.1) is 12.0 Å². The van der Waals surface area contributed by atoms with Gasteiger partial charge in [0.25, 0.3) is 0 Å². The van der Waals surface area contributed by atoms with E-state index >= 15 is 0 Å². The van der Waals surface area contributed by atoms with E-state index in [4.69, 9.17) is 5.11 Å². The molecule has 1 aromatic carbocycles. The zero-order valence-electron chi connectivity index (χ0n) is 12.1. The maximum Gasteiger partial charge on any atom is 0.317 e. The van der Waals surface area contributed by atoms with E-state index in [1.54, 1.807) is 26.0 Å². The molecule has 2 unspecified atom stereocenters. The van der Waals surface area contributed by atoms with Gasteiger partial charge >= 0.3 is 12.0 Å². The second-order valence-electron chi connectivity index (χ2n) is 5.45. The summed E-state index contributed by atoms with van der Waals surface area (Å²) in [6.07, 6.45) is 0.469. The minimum absolute atomic E-state index is 0.218. The number of carboxylic acid groups (broad SMARTS) is 1. The van der Waals surface area contributed by atoms with Crippen molar-refractivity contribution in [1.82, 2.24) is 10.2 Å². The van der Waals surface area contributed by atoms with Crippen LogP contribution >= 0.6 is 0 Å². The highest BCUT2D eigenvalue weighted by molar-refractivity contribution is 5.77. The summed E-state index contributed by atoms with van der Waals surface area (Å²) in [6, 6.07) is 4.20. The summed E-state index contributed by atoms with van der Waals surface area (Å²) in [5, 5.41) is 11.7. The maximum absolute atomic E-state index is 13.5. The topological polar surface area (TPSA) is 69.6 Å². The molecule has 0 radical (unpaired) electrons. The number of benzene rings is 1. The molecular weight excluding hydrogens is 275 g/mol. The van der Waals surface area contributed by atoms with E-state index in [0.29, 0.717) is 24.1 Å². The lowest BCUT2D eigenvalue weighted by Gasteiger charge is -2.21. The average Bonchev–Trinajstić information content (AvgIpc) is 2.91. The van der Waals surface area contributed by atoms with Crippen molar-refractivity contribution in [3.05, 3.63) is 35.1 Å². The number of hydrogen-bond donors (Lipinski definition) is 2. The molecule has 2 atom stereocenters. The van der Waals surface area contributed by atoms with Crippen molar-refractivity contribution in [1.29, 1.82) is 0 Å². The molecular formula is C15H19FN2O3. The molecule has 1 heterocycles. The lowest BCUT2D eigenvalue weighted by atomic mass is 10.1. The van der Waals surface area contributed by atoms with Crippen LogP contribution in [0.3, 0.4) is 0 Å². The second kappa shape index (κ2) is 6.11. The molecule has 114 valence electrons. The Kier molecular flexibility index (Phi) is 4.45. The number of aryl methyl sites for hydroxylation is 1. The molecule has 2 N–H and O–H groups in total. The highest BCUT2D eigenvalue weighted by Crippen LogP contribution is 2.19. The van der Waals surface area contributed by atoms with Gasteiger partial charge in [-0.15, -0.1) is 0 Å². The van der Waals surface area contributed by atoms with Crippen molar-refractivity contribution >= 4 is 12.0 Å². The van der Waals surface area contributed by atoms with Crippen LogP contribution in [0.2, 0.25) is 0 Å². The largest absolute Gasteiger partial charge is 0.481 e. The molecule has 2 amide bonds. The van der Waals surface area contributed by atoms with E-state index in [0.717, 1.165) is 0 Å². The zero-order valence-corrected chi connectivity index (χ0v) is 12.1. The minimum atomic E-state index is -0.876. The van der Waals surface area contributed by atoms with E-state index in [9.17, 15) is 14.0 Å². The quantitative estimate of drug-likeness (QED) is 0.898. The molecule has 0 spiro atoms. The molecule has 1 aliphatic heterocycles. The van der Waals surface area contributed by atoms with Crippen molar-refractivity contribution < 1.29 is 19.1 Å². The summed E-state index contributed by atoms with van der Waals surface area (Å²) < 4.78 is 13.5. The number of nitrogens with one attached hydrogen (secondary N) is 1. The van der Waals surface area contributed by atoms with Crippen LogP contribution in [0.15, 0.2) is 18.2 Å². The average molecular weight is 294 g/mol. The van der Waals surface area contributed by atoms with E-state index < -0.39 is 11.9 Å². The van der Waals surface area contributed by atoms with Gasteiger partial charge in [-0.25, -0.2) is 9.18 Å². The molecule has 1 aliphatic rings. The molecule has 1 fully saturated rings. The minimum Gasteiger partial charge on any atom is -0.481 e. The number of nitrogens with zero attached hydrogens (tertiary/aromatic N) is 1. The first-order chi connectivity index (χ1) is 9.88. The fourth-order valence-corrected chi connectivity index (χ4v) is 2.38. The molecule has 0 aromatic heterocycles. The highest BCUT2D eigenvalue weighted by atomic mass is 19.1. The number of carboxylic acids is 1. The fourth-order valence-electron chi connectivity index (χ4n) is 2.38. The summed E-state index contributed by atoms with van der Waals surface area (Å²) in [5.41, 5.74) is 1.24. The Morgan fingerprint density at radius 1 is 1.48 bits per heavy atom. The van der Waals surface area contributed by atoms with Gasteiger partial charge in [0.2, 0.25) is 0 Å². The van der Waals surface area contributed by atoms with Crippen molar-refractivity contribution in [2.45, 2.75) is 26.3 Å². The number of likely N-dealkylation sites (tertiary alicyclic amines) is 1. The number of halogens is 1. The van der Waals surface area contributed by atoms with Crippen LogP contribution in [0.4, 0.5) is 9.18 Å². The summed E-state index contributed by atoms with van der Waals surface area (Å²) in [4.78, 5) is 24.4. The Labute approximate surface area is 122 Å². The van der Waals surface area contributed by atoms with Gasteiger partial charge < -0.3 is 15.3 Å². The van der Waals surface area contributed by atoms with E-state index in [-0.39, 0.29) is 24.4 Å². The molecule has 1 saturated heterocycles. The molecule has 0 aliphatic carbocycles. The van der Waals surface area contributed by atoms with Crippen molar-refractivity contribution in [3.8, 4) is 0 Å². The number of carbonyl (C=O) groups excluding carboxylic acids is 1. The van der Waals surface area contributed by atoms with Crippen molar-refractivity contribution in [2.75, 3.05) is 13.1 Å². The smallest absolute Gasteiger partial charge is 0.317 e. The van der Waals surface area contributed by atoms with Gasteiger partial charge in [0.15, 0.2) is 0 Å². The molecule has 5 nitrogen and oxygen atoms in total. The molecule has 0 saturated carbocycles. The van der Waals surface area contributed by atoms with Crippen LogP contribution in [0, 0.1) is 18.7 Å². The van der Waals surface area contributed by atoms with Gasteiger partial charge in [-0.2, -0.15) is 0 Å². The lowest BCUT2D eigenvalue weighted by molar-refractivity contribution is -0.141. The Morgan fingerprint density at radius 2 is 2.19 bits per heavy atom. The van der Waals surface area contributed by atoms with E-state index in [1.165, 1.54) is 11.0 Å². The predicted octanol–water partition coefficient (Wildman–Crippen LogP) is 2.31. The fraction of sp³-hybridized carbons (Fsp3) is 0.467. The lowest BCUT2D eigenvalue weighted by Crippen LogP contribution is -2.40. The summed E-state index contributed by atoms with van der Waals surface area (Å²) in [6.45, 7) is 4.10. The Bertz CT molecular complexity index is 562. The standard InChI is InChI=1S/C15H19FN2O3/c1-9-3-4-11(7-13(9)16)10(2)17-15(21)18-6-5-12(8-18)14(19)20/h3-4,7,10,12H,5-6,8H2,1-2H3,(H,17,21)(H,19,20). The van der Waals surface area contributed by atoms with Crippen molar-refractivity contribution in [3.63, 3.8) is 0 Å². The van der Waals surface area contributed by atoms with Crippen LogP contribution in [-0.2, 0) is 4.79 Å². The highest BCUT2D eigenvalue weighted by Gasteiger charge is 2.31. The van der Waals surface area contributed by atoms with Crippen molar-refractivity contribution in [2.24, 2.45) is 5.92 Å². The van der Waals surface area contributed by atoms with Gasteiger partial charge in [-0.3, -0.25) is 4.79 Å². The van der Waals surface area contributed by atoms with Crippen LogP contribution in [0.1, 0.15) is 30.5 Å². The second-order valence-corrected chi connectivity index (χ2v) is 5.45. The number of amides is 2. The molecule has 0 bridgehead atoms. The third-order valence-corrected chi connectivity index (χ3v) is 3.86. The third-order valence-electron chi connectivity index (χ3n) is 3.86. The zero-order chi connectivity index (χ0) is 15.6. The van der Waals surface area contributed by atoms with Crippen LogP contribution in [0.5, 0.6) is 0 Å². The first-order valence-electron chi connectivity index (χ1n) is 6.92. The number of aliphatic carboxylic acids is 1. The van der Waals surface area contributed by atoms with E-state index in [1.807, 2.05) is 0 Å². The normalized spacial score (nSPS) is 19.4. The molecule has 6 heteroatoms. The third kappa shape index (κ3) is 3.51.